The lowest BCUT2D eigenvalue weighted by Crippen LogP contribution is -2.38. The van der Waals surface area contributed by atoms with E-state index >= 15 is 0 Å². The summed E-state index contributed by atoms with van der Waals surface area (Å²) in [6, 6.07) is 7.63. The highest BCUT2D eigenvalue weighted by molar-refractivity contribution is 7.89. The third-order valence-electron chi connectivity index (χ3n) is 3.03. The second-order valence-corrected chi connectivity index (χ2v) is 6.26. The van der Waals surface area contributed by atoms with E-state index in [1.807, 2.05) is 6.07 Å². The molecule has 1 saturated carbocycles. The van der Waals surface area contributed by atoms with Crippen LogP contribution in [0.4, 0.5) is 0 Å². The van der Waals surface area contributed by atoms with E-state index in [1.54, 1.807) is 0 Å². The fraction of sp³-hybridized carbons (Fsp3) is 0.417. The van der Waals surface area contributed by atoms with Crippen molar-refractivity contribution >= 4 is 22.4 Å². The minimum Gasteiger partial charge on any atom is -0.326 e. The first-order chi connectivity index (χ1) is 8.53. The summed E-state index contributed by atoms with van der Waals surface area (Å²) in [4.78, 5) is 0.157. The molecular formula is C12H16ClN3O2S. The van der Waals surface area contributed by atoms with Gasteiger partial charge in [0.2, 0.25) is 10.0 Å². The fourth-order valence-corrected chi connectivity index (χ4v) is 2.76. The summed E-state index contributed by atoms with van der Waals surface area (Å²) in [7, 11) is -3.53. The van der Waals surface area contributed by atoms with Crippen molar-refractivity contribution in [1.82, 2.24) is 4.72 Å². The largest absolute Gasteiger partial charge is 0.326 e. The number of hydrogen-bond acceptors (Lipinski definition) is 4. The van der Waals surface area contributed by atoms with Crippen LogP contribution >= 0.6 is 12.4 Å². The molecule has 0 heterocycles. The molecule has 1 aliphatic carbocycles. The Morgan fingerprint density at radius 1 is 1.37 bits per heavy atom. The van der Waals surface area contributed by atoms with Crippen LogP contribution in [0.15, 0.2) is 29.2 Å². The van der Waals surface area contributed by atoms with Crippen LogP contribution < -0.4 is 10.5 Å². The van der Waals surface area contributed by atoms with E-state index in [0.29, 0.717) is 11.5 Å². The van der Waals surface area contributed by atoms with Crippen LogP contribution in [0.2, 0.25) is 0 Å². The van der Waals surface area contributed by atoms with E-state index in [-0.39, 0.29) is 29.9 Å². The molecule has 19 heavy (non-hydrogen) atoms. The third-order valence-corrected chi connectivity index (χ3v) is 4.47. The van der Waals surface area contributed by atoms with Gasteiger partial charge < -0.3 is 5.73 Å². The Morgan fingerprint density at radius 2 is 1.95 bits per heavy atom. The van der Waals surface area contributed by atoms with Crippen LogP contribution in [0.3, 0.4) is 0 Å². The summed E-state index contributed by atoms with van der Waals surface area (Å²) < 4.78 is 26.4. The molecule has 0 bridgehead atoms. The molecule has 5 nitrogen and oxygen atoms in total. The topological polar surface area (TPSA) is 96.0 Å². The lowest BCUT2D eigenvalue weighted by Gasteiger charge is -2.12. The zero-order chi connectivity index (χ0) is 13.2. The average molecular weight is 302 g/mol. The van der Waals surface area contributed by atoms with Crippen LogP contribution in [-0.2, 0) is 10.0 Å². The molecule has 0 amide bonds. The number of halogens is 1. The van der Waals surface area contributed by atoms with Crippen molar-refractivity contribution in [1.29, 1.82) is 5.26 Å². The van der Waals surface area contributed by atoms with E-state index in [1.165, 1.54) is 24.3 Å². The van der Waals surface area contributed by atoms with Gasteiger partial charge in [0.05, 0.1) is 16.5 Å². The van der Waals surface area contributed by atoms with Crippen LogP contribution in [0, 0.1) is 17.2 Å². The Morgan fingerprint density at radius 3 is 2.42 bits per heavy atom. The van der Waals surface area contributed by atoms with E-state index < -0.39 is 10.0 Å². The van der Waals surface area contributed by atoms with Crippen molar-refractivity contribution in [3.8, 4) is 6.07 Å². The molecule has 1 aromatic rings. The first-order valence-corrected chi connectivity index (χ1v) is 7.26. The fourth-order valence-electron chi connectivity index (χ4n) is 1.69. The summed E-state index contributed by atoms with van der Waals surface area (Å²) in [6.07, 6.45) is 2.17. The van der Waals surface area contributed by atoms with Crippen molar-refractivity contribution in [2.24, 2.45) is 11.7 Å². The molecule has 7 heteroatoms. The first kappa shape index (κ1) is 15.9. The van der Waals surface area contributed by atoms with E-state index in [9.17, 15) is 8.42 Å². The monoisotopic (exact) mass is 301 g/mol. The minimum absolute atomic E-state index is 0. The number of benzene rings is 1. The number of nitrogens with two attached hydrogens (primary N) is 1. The lowest BCUT2D eigenvalue weighted by molar-refractivity contribution is 0.548. The van der Waals surface area contributed by atoms with Gasteiger partial charge in [0.25, 0.3) is 0 Å². The Hall–Kier alpha value is -1.13. The molecule has 0 aromatic heterocycles. The highest BCUT2D eigenvalue weighted by Gasteiger charge is 2.29. The van der Waals surface area contributed by atoms with Gasteiger partial charge in [0, 0.05) is 12.6 Å². The number of sulfonamides is 1. The van der Waals surface area contributed by atoms with Crippen molar-refractivity contribution in [3.63, 3.8) is 0 Å². The SMILES string of the molecule is Cl.N#Cc1ccc(S(=O)(=O)NCC(N)C2CC2)cc1. The number of nitrogens with one attached hydrogen (secondary N) is 1. The van der Waals surface area contributed by atoms with Gasteiger partial charge in [-0.25, -0.2) is 13.1 Å². The molecule has 0 spiro atoms. The first-order valence-electron chi connectivity index (χ1n) is 5.78. The predicted molar refractivity (Wildman–Crippen MR) is 74.3 cm³/mol. The summed E-state index contributed by atoms with van der Waals surface area (Å²) in [6.45, 7) is 0.257. The minimum atomic E-state index is -3.53. The van der Waals surface area contributed by atoms with Gasteiger partial charge in [-0.2, -0.15) is 5.26 Å². The molecule has 0 radical (unpaired) electrons. The van der Waals surface area contributed by atoms with Gasteiger partial charge in [0.15, 0.2) is 0 Å². The molecule has 0 aliphatic heterocycles. The average Bonchev–Trinajstić information content (AvgIpc) is 3.20. The van der Waals surface area contributed by atoms with Gasteiger partial charge in [-0.15, -0.1) is 12.4 Å². The molecule has 1 atom stereocenters. The van der Waals surface area contributed by atoms with Crippen molar-refractivity contribution in [2.45, 2.75) is 23.8 Å². The Balaban J connectivity index is 0.00000180. The van der Waals surface area contributed by atoms with Crippen molar-refractivity contribution in [2.75, 3.05) is 6.54 Å². The maximum Gasteiger partial charge on any atom is 0.240 e. The van der Waals surface area contributed by atoms with Crippen molar-refractivity contribution < 1.29 is 8.42 Å². The van der Waals surface area contributed by atoms with Gasteiger partial charge >= 0.3 is 0 Å². The molecule has 1 fully saturated rings. The van der Waals surface area contributed by atoms with Crippen LogP contribution in [0.1, 0.15) is 18.4 Å². The van der Waals surface area contributed by atoms with Crippen LogP contribution in [0.25, 0.3) is 0 Å². The van der Waals surface area contributed by atoms with Gasteiger partial charge in [-0.05, 0) is 43.0 Å². The third kappa shape index (κ3) is 4.18. The molecule has 3 N–H and O–H groups in total. The molecule has 1 unspecified atom stereocenters. The zero-order valence-corrected chi connectivity index (χ0v) is 11.9. The molecule has 2 rings (SSSR count). The molecule has 104 valence electrons. The summed E-state index contributed by atoms with van der Waals surface area (Å²) in [5.74, 6) is 0.452. The van der Waals surface area contributed by atoms with Crippen LogP contribution in [-0.4, -0.2) is 21.0 Å². The van der Waals surface area contributed by atoms with Crippen LogP contribution in [0.5, 0.6) is 0 Å². The molecular weight excluding hydrogens is 286 g/mol. The lowest BCUT2D eigenvalue weighted by atomic mass is 10.2. The maximum absolute atomic E-state index is 11.9. The molecule has 1 aliphatic rings. The predicted octanol–water partition coefficient (Wildman–Crippen LogP) is 0.996. The number of nitrogens with zero attached hydrogens (tertiary/aromatic N) is 1. The van der Waals surface area contributed by atoms with E-state index in [2.05, 4.69) is 4.72 Å². The summed E-state index contributed by atoms with van der Waals surface area (Å²) in [5, 5.41) is 8.64. The smallest absolute Gasteiger partial charge is 0.240 e. The molecule has 1 aromatic carbocycles. The second kappa shape index (κ2) is 6.35. The normalized spacial score (nSPS) is 16.2. The Labute approximate surface area is 119 Å². The Kier molecular flexibility index (Phi) is 5.32. The van der Waals surface area contributed by atoms with Gasteiger partial charge in [-0.3, -0.25) is 0 Å². The zero-order valence-electron chi connectivity index (χ0n) is 10.2. The quantitative estimate of drug-likeness (QED) is 0.848. The second-order valence-electron chi connectivity index (χ2n) is 4.49. The molecule has 0 saturated heterocycles. The van der Waals surface area contributed by atoms with E-state index in [0.717, 1.165) is 12.8 Å². The number of nitriles is 1. The highest BCUT2D eigenvalue weighted by atomic mass is 35.5. The standard InChI is InChI=1S/C12H15N3O2S.ClH/c13-7-9-1-5-11(6-2-9)18(16,17)15-8-12(14)10-3-4-10;/h1-2,5-6,10,12,15H,3-4,8,14H2;1H. The van der Waals surface area contributed by atoms with E-state index in [4.69, 9.17) is 11.0 Å². The van der Waals surface area contributed by atoms with Gasteiger partial charge in [-0.1, -0.05) is 0 Å². The number of rotatable bonds is 5. The summed E-state index contributed by atoms with van der Waals surface area (Å²) >= 11 is 0. The van der Waals surface area contributed by atoms with Crippen molar-refractivity contribution in [3.05, 3.63) is 29.8 Å². The summed E-state index contributed by atoms with van der Waals surface area (Å²) in [5.41, 5.74) is 6.27. The Bertz CT molecular complexity index is 562. The maximum atomic E-state index is 11.9. The van der Waals surface area contributed by atoms with Gasteiger partial charge in [0.1, 0.15) is 0 Å². The highest BCUT2D eigenvalue weighted by Crippen LogP contribution is 2.31. The number of hydrogen-bond donors (Lipinski definition) is 2.